The summed E-state index contributed by atoms with van der Waals surface area (Å²) in [5.74, 6) is -0.132. The van der Waals surface area contributed by atoms with Crippen LogP contribution in [0.1, 0.15) is 0 Å². The predicted molar refractivity (Wildman–Crippen MR) is 30.7 cm³/mol. The zero-order chi connectivity index (χ0) is 6.69. The molecule has 0 radical (unpaired) electrons. The molecule has 0 saturated heterocycles. The first kappa shape index (κ1) is 6.15. The molecule has 9 heavy (non-hydrogen) atoms. The van der Waals surface area contributed by atoms with Gasteiger partial charge in [0.2, 0.25) is 5.91 Å². The first-order valence-corrected chi connectivity index (χ1v) is 2.69. The van der Waals surface area contributed by atoms with Gasteiger partial charge in [-0.25, -0.2) is 0 Å². The van der Waals surface area contributed by atoms with Gasteiger partial charge in [-0.1, -0.05) is 0 Å². The van der Waals surface area contributed by atoms with Gasteiger partial charge in [0.05, 0.1) is 0 Å². The van der Waals surface area contributed by atoms with Crippen LogP contribution in [0.2, 0.25) is 0 Å². The molecule has 1 rings (SSSR count). The van der Waals surface area contributed by atoms with Crippen molar-refractivity contribution in [2.24, 2.45) is 16.0 Å². The Labute approximate surface area is 52.3 Å². The summed E-state index contributed by atoms with van der Waals surface area (Å²) in [7, 11) is 0. The number of azo groups is 1. The van der Waals surface area contributed by atoms with Gasteiger partial charge in [0, 0.05) is 6.54 Å². The van der Waals surface area contributed by atoms with Gasteiger partial charge in [0.15, 0.2) is 6.04 Å². The fraction of sp³-hybridized carbons (Fsp3) is 0.750. The second-order valence-corrected chi connectivity index (χ2v) is 1.71. The largest absolute Gasteiger partial charge is 0.333 e. The zero-order valence-corrected chi connectivity index (χ0v) is 4.87. The Morgan fingerprint density at radius 3 is 3.11 bits per heavy atom. The summed E-state index contributed by atoms with van der Waals surface area (Å²) < 4.78 is 0. The number of hydrogen-bond acceptors (Lipinski definition) is 4. The van der Waals surface area contributed by atoms with E-state index in [9.17, 15) is 4.79 Å². The summed E-state index contributed by atoms with van der Waals surface area (Å²) in [5, 5.41) is 9.71. The minimum absolute atomic E-state index is 0.132. The average molecular weight is 128 g/mol. The van der Waals surface area contributed by atoms with E-state index in [-0.39, 0.29) is 19.1 Å². The molecule has 0 aromatic rings. The lowest BCUT2D eigenvalue weighted by Crippen LogP contribution is -2.40. The van der Waals surface area contributed by atoms with Crippen molar-refractivity contribution in [3.8, 4) is 0 Å². The van der Waals surface area contributed by atoms with Crippen LogP contribution < -0.4 is 11.1 Å². The number of nitrogens with zero attached hydrogens (tertiary/aromatic N) is 2. The number of hydrogen-bond donors (Lipinski definition) is 2. The molecule has 50 valence electrons. The van der Waals surface area contributed by atoms with Gasteiger partial charge >= 0.3 is 0 Å². The van der Waals surface area contributed by atoms with E-state index in [0.717, 1.165) is 0 Å². The molecule has 1 unspecified atom stereocenters. The first-order chi connectivity index (χ1) is 4.34. The molecule has 0 aromatic carbocycles. The number of nitrogens with two attached hydrogens (primary N) is 1. The van der Waals surface area contributed by atoms with Gasteiger partial charge < -0.3 is 11.1 Å². The quantitative estimate of drug-likeness (QED) is 0.467. The molecular formula is C4H8N4O. The van der Waals surface area contributed by atoms with Crippen LogP contribution in [0.25, 0.3) is 0 Å². The molecule has 0 aliphatic carbocycles. The molecule has 1 aliphatic heterocycles. The molecule has 0 spiro atoms. The van der Waals surface area contributed by atoms with Crippen LogP contribution in [-0.2, 0) is 4.79 Å². The van der Waals surface area contributed by atoms with Crippen LogP contribution in [0, 0.1) is 0 Å². The van der Waals surface area contributed by atoms with E-state index in [4.69, 9.17) is 5.73 Å². The molecule has 1 aliphatic rings. The number of nitrogens with one attached hydrogen (secondary N) is 1. The molecule has 5 heteroatoms. The lowest BCUT2D eigenvalue weighted by atomic mass is 10.3. The van der Waals surface area contributed by atoms with Crippen molar-refractivity contribution >= 4 is 5.91 Å². The fourth-order valence-corrected chi connectivity index (χ4v) is 0.577. The monoisotopic (exact) mass is 128 g/mol. The van der Waals surface area contributed by atoms with E-state index in [1.165, 1.54) is 0 Å². The van der Waals surface area contributed by atoms with Crippen LogP contribution >= 0.6 is 0 Å². The Morgan fingerprint density at radius 1 is 1.89 bits per heavy atom. The lowest BCUT2D eigenvalue weighted by Gasteiger charge is -2.11. The van der Waals surface area contributed by atoms with Crippen LogP contribution in [0.3, 0.4) is 0 Å². The minimum atomic E-state index is -0.459. The smallest absolute Gasteiger partial charge is 0.249 e. The fourth-order valence-electron chi connectivity index (χ4n) is 0.577. The van der Waals surface area contributed by atoms with E-state index >= 15 is 0 Å². The van der Waals surface area contributed by atoms with E-state index in [2.05, 4.69) is 15.5 Å². The van der Waals surface area contributed by atoms with E-state index < -0.39 is 6.04 Å². The van der Waals surface area contributed by atoms with Gasteiger partial charge in [0.1, 0.15) is 6.67 Å². The highest BCUT2D eigenvalue weighted by Crippen LogP contribution is 1.94. The Hall–Kier alpha value is -0.970. The maximum absolute atomic E-state index is 10.7. The van der Waals surface area contributed by atoms with E-state index in [1.807, 2.05) is 0 Å². The molecule has 5 nitrogen and oxygen atoms in total. The van der Waals surface area contributed by atoms with Crippen LogP contribution in [0.15, 0.2) is 10.2 Å². The van der Waals surface area contributed by atoms with Gasteiger partial charge in [-0.05, 0) is 0 Å². The van der Waals surface area contributed by atoms with Gasteiger partial charge in [-0.3, -0.25) is 4.79 Å². The highest BCUT2D eigenvalue weighted by atomic mass is 16.2. The highest BCUT2D eigenvalue weighted by molar-refractivity contribution is 5.82. The van der Waals surface area contributed by atoms with Crippen molar-refractivity contribution in [2.75, 3.05) is 13.2 Å². The molecule has 1 heterocycles. The Morgan fingerprint density at radius 2 is 2.67 bits per heavy atom. The number of carbonyl (C=O) groups is 1. The summed E-state index contributed by atoms with van der Waals surface area (Å²) in [6.07, 6.45) is 0. The summed E-state index contributed by atoms with van der Waals surface area (Å²) >= 11 is 0. The zero-order valence-electron chi connectivity index (χ0n) is 4.87. The third-order valence-corrected chi connectivity index (χ3v) is 1.07. The topological polar surface area (TPSA) is 79.8 Å². The van der Waals surface area contributed by atoms with E-state index in [1.54, 1.807) is 0 Å². The van der Waals surface area contributed by atoms with Crippen LogP contribution in [0.5, 0.6) is 0 Å². The Kier molecular flexibility index (Phi) is 1.74. The van der Waals surface area contributed by atoms with Gasteiger partial charge in [0.25, 0.3) is 0 Å². The minimum Gasteiger partial charge on any atom is -0.333 e. The average Bonchev–Trinajstić information content (AvgIpc) is 1.89. The Bertz CT molecular complexity index is 144. The summed E-state index contributed by atoms with van der Waals surface area (Å²) in [6, 6.07) is -0.459. The molecular weight excluding hydrogens is 120 g/mol. The summed E-state index contributed by atoms with van der Waals surface area (Å²) in [6.45, 7) is 0.519. The molecule has 1 amide bonds. The maximum Gasteiger partial charge on any atom is 0.249 e. The summed E-state index contributed by atoms with van der Waals surface area (Å²) in [4.78, 5) is 10.7. The van der Waals surface area contributed by atoms with E-state index in [0.29, 0.717) is 0 Å². The third kappa shape index (κ3) is 1.23. The second kappa shape index (κ2) is 2.54. The predicted octanol–water partition coefficient (Wildman–Crippen LogP) is -1.15. The van der Waals surface area contributed by atoms with Gasteiger partial charge in [-0.2, -0.15) is 10.2 Å². The van der Waals surface area contributed by atoms with Crippen molar-refractivity contribution in [3.63, 3.8) is 0 Å². The third-order valence-electron chi connectivity index (χ3n) is 1.07. The van der Waals surface area contributed by atoms with Gasteiger partial charge in [-0.15, -0.1) is 0 Å². The number of amides is 1. The lowest BCUT2D eigenvalue weighted by molar-refractivity contribution is -0.122. The SMILES string of the molecule is NCC1N=NCNC1=O. The molecule has 0 bridgehead atoms. The normalized spacial score (nSPS) is 25.9. The van der Waals surface area contributed by atoms with Crippen molar-refractivity contribution in [2.45, 2.75) is 6.04 Å². The van der Waals surface area contributed by atoms with Crippen molar-refractivity contribution in [1.29, 1.82) is 0 Å². The molecule has 0 saturated carbocycles. The molecule has 3 N–H and O–H groups in total. The molecule has 1 atom stereocenters. The number of rotatable bonds is 1. The van der Waals surface area contributed by atoms with Crippen molar-refractivity contribution < 1.29 is 4.79 Å². The van der Waals surface area contributed by atoms with Crippen LogP contribution in [-0.4, -0.2) is 25.2 Å². The summed E-state index contributed by atoms with van der Waals surface area (Å²) in [5.41, 5.74) is 5.18. The Balaban J connectivity index is 2.57. The first-order valence-electron chi connectivity index (χ1n) is 2.69. The highest BCUT2D eigenvalue weighted by Gasteiger charge is 2.17. The maximum atomic E-state index is 10.7. The van der Waals surface area contributed by atoms with Crippen molar-refractivity contribution in [3.05, 3.63) is 0 Å². The number of carbonyl (C=O) groups excluding carboxylic acids is 1. The second-order valence-electron chi connectivity index (χ2n) is 1.71. The van der Waals surface area contributed by atoms with Crippen LogP contribution in [0.4, 0.5) is 0 Å². The standard InChI is InChI=1S/C4H8N4O/c5-1-3-4(9)6-2-7-8-3/h3H,1-2,5H2,(H,6,9). The van der Waals surface area contributed by atoms with Crippen molar-refractivity contribution in [1.82, 2.24) is 5.32 Å². The molecule has 0 fully saturated rings. The molecule has 0 aromatic heterocycles.